The third kappa shape index (κ3) is 8.79. The van der Waals surface area contributed by atoms with E-state index in [1.54, 1.807) is 56.6 Å². The molecule has 2 N–H and O–H groups in total. The summed E-state index contributed by atoms with van der Waals surface area (Å²) in [6, 6.07) is 14.7. The molecule has 1 amide bonds. The Kier molecular flexibility index (Phi) is 9.87. The highest BCUT2D eigenvalue weighted by atomic mass is 16.6. The molecular weight excluding hydrogens is 528 g/mol. The summed E-state index contributed by atoms with van der Waals surface area (Å²) in [5.41, 5.74) is 3.14. The Labute approximate surface area is 237 Å². The van der Waals surface area contributed by atoms with Gasteiger partial charge in [0.05, 0.1) is 18.4 Å². The van der Waals surface area contributed by atoms with Crippen LogP contribution in [0.4, 0.5) is 4.79 Å². The van der Waals surface area contributed by atoms with Gasteiger partial charge in [0.1, 0.15) is 17.3 Å². The van der Waals surface area contributed by atoms with E-state index in [0.29, 0.717) is 42.6 Å². The van der Waals surface area contributed by atoms with E-state index in [1.807, 2.05) is 25.1 Å². The molecule has 0 aliphatic heterocycles. The molecule has 0 radical (unpaired) electrons. The minimum atomic E-state index is -0.892. The normalized spacial score (nSPS) is 10.8. The van der Waals surface area contributed by atoms with Gasteiger partial charge in [0.25, 0.3) is 0 Å². The van der Waals surface area contributed by atoms with Gasteiger partial charge in [-0.05, 0) is 80.8 Å². The van der Waals surface area contributed by atoms with Gasteiger partial charge in [0.2, 0.25) is 5.89 Å². The fourth-order valence-corrected chi connectivity index (χ4v) is 3.92. The number of hydrogen-bond donors (Lipinski definition) is 2. The molecule has 0 fully saturated rings. The second-order valence-corrected chi connectivity index (χ2v) is 9.41. The highest BCUT2D eigenvalue weighted by molar-refractivity contribution is 5.68. The van der Waals surface area contributed by atoms with Gasteiger partial charge in [-0.2, -0.15) is 0 Å². The van der Waals surface area contributed by atoms with Crippen molar-refractivity contribution in [2.45, 2.75) is 52.7 Å². The van der Waals surface area contributed by atoms with Crippen molar-refractivity contribution in [3.05, 3.63) is 83.5 Å². The summed E-state index contributed by atoms with van der Waals surface area (Å²) in [6.45, 7) is 5.91. The number of ether oxygens (including phenoxy) is 3. The van der Waals surface area contributed by atoms with Crippen LogP contribution in [0, 0.1) is 6.92 Å². The number of carboxylic acid groups (broad SMARTS) is 1. The molecule has 11 heteroatoms. The van der Waals surface area contributed by atoms with Crippen LogP contribution in [-0.4, -0.2) is 44.8 Å². The molecule has 0 saturated heterocycles. The van der Waals surface area contributed by atoms with Crippen LogP contribution >= 0.6 is 0 Å². The first-order valence-electron chi connectivity index (χ1n) is 13.2. The van der Waals surface area contributed by atoms with Crippen molar-refractivity contribution in [3.8, 4) is 29.0 Å². The molecule has 4 aromatic rings. The second kappa shape index (κ2) is 13.9. The van der Waals surface area contributed by atoms with Crippen LogP contribution in [0.5, 0.6) is 17.5 Å². The number of carboxylic acids is 1. The van der Waals surface area contributed by atoms with E-state index in [4.69, 9.17) is 23.7 Å². The molecule has 2 heterocycles. The highest BCUT2D eigenvalue weighted by Crippen LogP contribution is 2.26. The molecule has 0 aliphatic rings. The minimum absolute atomic E-state index is 0.0192. The fourth-order valence-electron chi connectivity index (χ4n) is 3.92. The lowest BCUT2D eigenvalue weighted by Crippen LogP contribution is -2.26. The third-order valence-electron chi connectivity index (χ3n) is 5.90. The molecule has 0 bridgehead atoms. The van der Waals surface area contributed by atoms with Crippen LogP contribution < -0.4 is 14.8 Å². The number of carbonyl (C=O) groups excluding carboxylic acids is 1. The Morgan fingerprint density at radius 2 is 1.73 bits per heavy atom. The van der Waals surface area contributed by atoms with E-state index in [-0.39, 0.29) is 25.1 Å². The Balaban J connectivity index is 1.36. The molecule has 0 spiro atoms. The number of carbonyl (C=O) groups is 2. The monoisotopic (exact) mass is 560 g/mol. The van der Waals surface area contributed by atoms with E-state index < -0.39 is 12.1 Å². The largest absolute Gasteiger partial charge is 0.493 e. The van der Waals surface area contributed by atoms with E-state index in [2.05, 4.69) is 20.3 Å². The summed E-state index contributed by atoms with van der Waals surface area (Å²) in [4.78, 5) is 35.8. The van der Waals surface area contributed by atoms with Gasteiger partial charge in [-0.3, -0.25) is 4.79 Å². The van der Waals surface area contributed by atoms with Crippen molar-refractivity contribution >= 4 is 12.1 Å². The number of aliphatic carboxylic acids is 1. The predicted octanol–water partition coefficient (Wildman–Crippen LogP) is 5.51. The van der Waals surface area contributed by atoms with Crippen LogP contribution in [0.25, 0.3) is 11.5 Å². The maximum Gasteiger partial charge on any atom is 0.407 e. The third-order valence-corrected chi connectivity index (χ3v) is 5.90. The summed E-state index contributed by atoms with van der Waals surface area (Å²) in [7, 11) is 0. The zero-order valence-electron chi connectivity index (χ0n) is 23.1. The fraction of sp³-hybridized carbons (Fsp3) is 0.300. The lowest BCUT2D eigenvalue weighted by molar-refractivity contribution is -0.136. The summed E-state index contributed by atoms with van der Waals surface area (Å²) < 4.78 is 22.6. The van der Waals surface area contributed by atoms with Crippen LogP contribution in [0.1, 0.15) is 42.8 Å². The highest BCUT2D eigenvalue weighted by Gasteiger charge is 2.14. The lowest BCUT2D eigenvalue weighted by atomic mass is 10.0. The van der Waals surface area contributed by atoms with Gasteiger partial charge in [0.15, 0.2) is 0 Å². The van der Waals surface area contributed by atoms with Crippen molar-refractivity contribution in [3.63, 3.8) is 0 Å². The zero-order chi connectivity index (χ0) is 29.2. The smallest absolute Gasteiger partial charge is 0.407 e. The van der Waals surface area contributed by atoms with Crippen molar-refractivity contribution < 1.29 is 33.3 Å². The number of aryl methyl sites for hydroxylation is 2. The second-order valence-electron chi connectivity index (χ2n) is 9.41. The van der Waals surface area contributed by atoms with Crippen molar-refractivity contribution in [1.29, 1.82) is 0 Å². The molecule has 0 atom stereocenters. The molecule has 0 aliphatic carbocycles. The molecule has 2 aromatic carbocycles. The summed E-state index contributed by atoms with van der Waals surface area (Å²) >= 11 is 0. The standard InChI is InChI=1S/C30H32N4O7/c1-19(2)39-30(37)33-18-23-17-25(11-5-21(23)8-12-27(35)36)38-16-13-26-20(3)40-28(34-26)22-6-9-24(10-7-22)41-29-31-14-4-15-32-29/h4-7,9-11,14-15,17,19H,8,12-13,16,18H2,1-3H3,(H,33,37)(H,35,36). The zero-order valence-corrected chi connectivity index (χ0v) is 23.1. The summed E-state index contributed by atoms with van der Waals surface area (Å²) in [5.74, 6) is 1.48. The summed E-state index contributed by atoms with van der Waals surface area (Å²) in [6.07, 6.45) is 3.25. The first kappa shape index (κ1) is 29.1. The van der Waals surface area contributed by atoms with Gasteiger partial charge in [-0.25, -0.2) is 19.7 Å². The van der Waals surface area contributed by atoms with E-state index in [0.717, 1.165) is 22.4 Å². The number of hydrogen-bond acceptors (Lipinski definition) is 9. The summed E-state index contributed by atoms with van der Waals surface area (Å²) in [5, 5.41) is 11.8. The maximum absolute atomic E-state index is 12.0. The molecule has 41 heavy (non-hydrogen) atoms. The van der Waals surface area contributed by atoms with Crippen LogP contribution in [0.2, 0.25) is 0 Å². The molecule has 2 aromatic heterocycles. The number of rotatable bonds is 13. The van der Waals surface area contributed by atoms with Gasteiger partial charge in [-0.15, -0.1) is 0 Å². The Bertz CT molecular complexity index is 1450. The van der Waals surface area contributed by atoms with Gasteiger partial charge >= 0.3 is 18.1 Å². The first-order valence-corrected chi connectivity index (χ1v) is 13.2. The van der Waals surface area contributed by atoms with Crippen LogP contribution in [0.15, 0.2) is 65.3 Å². The number of nitrogens with zero attached hydrogens (tertiary/aromatic N) is 3. The molecular formula is C30H32N4O7. The molecule has 4 rings (SSSR count). The van der Waals surface area contributed by atoms with E-state index in [9.17, 15) is 9.59 Å². The Hall–Kier alpha value is -4.93. The minimum Gasteiger partial charge on any atom is -0.493 e. The number of benzene rings is 2. The lowest BCUT2D eigenvalue weighted by Gasteiger charge is -2.14. The van der Waals surface area contributed by atoms with Crippen molar-refractivity contribution in [2.24, 2.45) is 0 Å². The number of amides is 1. The van der Waals surface area contributed by atoms with Gasteiger partial charge in [0, 0.05) is 37.3 Å². The Morgan fingerprint density at radius 3 is 2.44 bits per heavy atom. The SMILES string of the molecule is Cc1oc(-c2ccc(Oc3ncccn3)cc2)nc1CCOc1ccc(CCC(=O)O)c(CNC(=O)OC(C)C)c1. The average molecular weight is 561 g/mol. The van der Waals surface area contributed by atoms with Crippen LogP contribution in [0.3, 0.4) is 0 Å². The molecule has 214 valence electrons. The number of nitrogens with one attached hydrogen (secondary N) is 1. The van der Waals surface area contributed by atoms with Crippen molar-refractivity contribution in [2.75, 3.05) is 6.61 Å². The number of oxazole rings is 1. The van der Waals surface area contributed by atoms with Gasteiger partial charge in [-0.1, -0.05) is 6.07 Å². The molecule has 11 nitrogen and oxygen atoms in total. The van der Waals surface area contributed by atoms with E-state index in [1.165, 1.54) is 0 Å². The molecule has 0 unspecified atom stereocenters. The van der Waals surface area contributed by atoms with Gasteiger partial charge < -0.3 is 29.1 Å². The number of aromatic nitrogens is 3. The van der Waals surface area contributed by atoms with Crippen LogP contribution in [-0.2, 0) is 28.9 Å². The predicted molar refractivity (Wildman–Crippen MR) is 149 cm³/mol. The average Bonchev–Trinajstić information content (AvgIpc) is 3.32. The van der Waals surface area contributed by atoms with Crippen molar-refractivity contribution in [1.82, 2.24) is 20.3 Å². The topological polar surface area (TPSA) is 146 Å². The first-order chi connectivity index (χ1) is 19.8. The number of alkyl carbamates (subject to hydrolysis) is 1. The maximum atomic E-state index is 12.0. The molecule has 0 saturated carbocycles. The quantitative estimate of drug-likeness (QED) is 0.215. The Morgan fingerprint density at radius 1 is 1.00 bits per heavy atom. The van der Waals surface area contributed by atoms with E-state index >= 15 is 0 Å².